The van der Waals surface area contributed by atoms with Crippen LogP contribution < -0.4 is 0 Å². The molecule has 2 N–H and O–H groups in total. The third-order valence-corrected chi connectivity index (χ3v) is 3.63. The van der Waals surface area contributed by atoms with E-state index in [0.29, 0.717) is 5.75 Å². The Hall–Kier alpha value is -1.76. The molecule has 96 valence electrons. The number of aliphatic carboxylic acids is 1. The summed E-state index contributed by atoms with van der Waals surface area (Å²) in [6, 6.07) is 2.11. The number of carbonyl (C=O) groups excluding carboxylic acids is 1. The SMILES string of the molecule is O=C(O)[C@@H]1CSCN1C(=O)c1ccc(F)cc1O. The molecule has 0 aromatic heterocycles. The van der Waals surface area contributed by atoms with Gasteiger partial charge in [-0.2, -0.15) is 0 Å². The Balaban J connectivity index is 2.28. The number of phenolic OH excluding ortho intramolecular Hbond substituents is 1. The zero-order chi connectivity index (χ0) is 13.3. The second-order valence-electron chi connectivity index (χ2n) is 3.79. The lowest BCUT2D eigenvalue weighted by Crippen LogP contribution is -2.41. The van der Waals surface area contributed by atoms with Crippen LogP contribution in [0.3, 0.4) is 0 Å². The van der Waals surface area contributed by atoms with Gasteiger partial charge >= 0.3 is 5.97 Å². The lowest BCUT2D eigenvalue weighted by Gasteiger charge is -2.20. The Labute approximate surface area is 106 Å². The quantitative estimate of drug-likeness (QED) is 0.843. The van der Waals surface area contributed by atoms with E-state index >= 15 is 0 Å². The molecule has 1 aliphatic rings. The second kappa shape index (κ2) is 4.85. The van der Waals surface area contributed by atoms with E-state index < -0.39 is 29.5 Å². The van der Waals surface area contributed by atoms with Crippen molar-refractivity contribution in [3.63, 3.8) is 0 Å². The molecule has 1 fully saturated rings. The number of hydrogen-bond donors (Lipinski definition) is 2. The van der Waals surface area contributed by atoms with Crippen LogP contribution in [-0.2, 0) is 4.79 Å². The smallest absolute Gasteiger partial charge is 0.327 e. The minimum absolute atomic E-state index is 0.0925. The Morgan fingerprint density at radius 3 is 2.78 bits per heavy atom. The summed E-state index contributed by atoms with van der Waals surface area (Å²) in [5.74, 6) is -2.29. The van der Waals surface area contributed by atoms with Gasteiger partial charge in [-0.1, -0.05) is 0 Å². The molecule has 7 heteroatoms. The van der Waals surface area contributed by atoms with Gasteiger partial charge in [-0.3, -0.25) is 4.79 Å². The van der Waals surface area contributed by atoms with Crippen molar-refractivity contribution in [1.29, 1.82) is 0 Å². The third-order valence-electron chi connectivity index (χ3n) is 2.62. The first-order valence-corrected chi connectivity index (χ1v) is 6.26. The highest BCUT2D eigenvalue weighted by molar-refractivity contribution is 7.99. The van der Waals surface area contributed by atoms with E-state index in [1.807, 2.05) is 0 Å². The van der Waals surface area contributed by atoms with Crippen molar-refractivity contribution in [2.75, 3.05) is 11.6 Å². The molecule has 0 saturated carbocycles. The standard InChI is InChI=1S/C11H10FNO4S/c12-6-1-2-7(9(14)3-6)10(15)13-5-18-4-8(13)11(16)17/h1-3,8,14H,4-5H2,(H,16,17)/t8-/m0/s1. The van der Waals surface area contributed by atoms with E-state index in [1.165, 1.54) is 11.8 Å². The Kier molecular flexibility index (Phi) is 3.42. The molecule has 1 aromatic rings. The Morgan fingerprint density at radius 1 is 1.44 bits per heavy atom. The number of thioether (sulfide) groups is 1. The van der Waals surface area contributed by atoms with Gasteiger partial charge in [0, 0.05) is 11.8 Å². The van der Waals surface area contributed by atoms with Gasteiger partial charge < -0.3 is 15.1 Å². The van der Waals surface area contributed by atoms with E-state index in [1.54, 1.807) is 0 Å². The molecule has 1 atom stereocenters. The summed E-state index contributed by atoms with van der Waals surface area (Å²) in [6.45, 7) is 0. The van der Waals surface area contributed by atoms with Crippen molar-refractivity contribution in [1.82, 2.24) is 4.90 Å². The van der Waals surface area contributed by atoms with Gasteiger partial charge in [0.2, 0.25) is 0 Å². The molecule has 0 spiro atoms. The highest BCUT2D eigenvalue weighted by Gasteiger charge is 2.35. The van der Waals surface area contributed by atoms with Gasteiger partial charge in [-0.05, 0) is 12.1 Å². The number of carboxylic acids is 1. The summed E-state index contributed by atoms with van der Waals surface area (Å²) < 4.78 is 12.8. The van der Waals surface area contributed by atoms with Gasteiger partial charge in [0.1, 0.15) is 17.6 Å². The molecule has 18 heavy (non-hydrogen) atoms. The topological polar surface area (TPSA) is 77.8 Å². The Bertz CT molecular complexity index is 508. The number of phenols is 1. The van der Waals surface area contributed by atoms with Gasteiger partial charge in [-0.25, -0.2) is 9.18 Å². The number of aromatic hydroxyl groups is 1. The Morgan fingerprint density at radius 2 is 2.17 bits per heavy atom. The van der Waals surface area contributed by atoms with Gasteiger partial charge in [0.15, 0.2) is 0 Å². The highest BCUT2D eigenvalue weighted by atomic mass is 32.2. The number of carbonyl (C=O) groups is 2. The van der Waals surface area contributed by atoms with Crippen molar-refractivity contribution in [3.05, 3.63) is 29.6 Å². The largest absolute Gasteiger partial charge is 0.507 e. The maximum atomic E-state index is 12.8. The summed E-state index contributed by atoms with van der Waals surface area (Å²) in [5.41, 5.74) is -0.0925. The number of carboxylic acid groups (broad SMARTS) is 1. The maximum absolute atomic E-state index is 12.8. The lowest BCUT2D eigenvalue weighted by atomic mass is 10.1. The number of hydrogen-bond acceptors (Lipinski definition) is 4. The second-order valence-corrected chi connectivity index (χ2v) is 4.79. The van der Waals surface area contributed by atoms with Crippen LogP contribution in [0.2, 0.25) is 0 Å². The van der Waals surface area contributed by atoms with E-state index in [-0.39, 0.29) is 11.4 Å². The highest BCUT2D eigenvalue weighted by Crippen LogP contribution is 2.26. The molecule has 1 aromatic carbocycles. The summed E-state index contributed by atoms with van der Waals surface area (Å²) in [6.07, 6.45) is 0. The van der Waals surface area contributed by atoms with Crippen molar-refractivity contribution in [3.8, 4) is 5.75 Å². The fourth-order valence-corrected chi connectivity index (χ4v) is 2.83. The number of halogens is 1. The number of amides is 1. The molecule has 1 amide bonds. The summed E-state index contributed by atoms with van der Waals surface area (Å²) in [5, 5.41) is 18.5. The van der Waals surface area contributed by atoms with E-state index in [4.69, 9.17) is 5.11 Å². The van der Waals surface area contributed by atoms with Crippen molar-refractivity contribution < 1.29 is 24.2 Å². The van der Waals surface area contributed by atoms with Crippen LogP contribution >= 0.6 is 11.8 Å². The van der Waals surface area contributed by atoms with E-state index in [2.05, 4.69) is 0 Å². The molecule has 2 rings (SSSR count). The fraction of sp³-hybridized carbons (Fsp3) is 0.273. The summed E-state index contributed by atoms with van der Waals surface area (Å²) in [7, 11) is 0. The van der Waals surface area contributed by atoms with Crippen molar-refractivity contribution in [2.24, 2.45) is 0 Å². The van der Waals surface area contributed by atoms with E-state index in [0.717, 1.165) is 23.1 Å². The first-order chi connectivity index (χ1) is 8.50. The minimum Gasteiger partial charge on any atom is -0.507 e. The summed E-state index contributed by atoms with van der Waals surface area (Å²) >= 11 is 1.32. The zero-order valence-corrected chi connectivity index (χ0v) is 9.98. The summed E-state index contributed by atoms with van der Waals surface area (Å²) in [4.78, 5) is 24.2. The molecular weight excluding hydrogens is 261 g/mol. The van der Waals surface area contributed by atoms with E-state index in [9.17, 15) is 19.1 Å². The van der Waals surface area contributed by atoms with Crippen molar-refractivity contribution >= 4 is 23.6 Å². The molecule has 1 heterocycles. The number of rotatable bonds is 2. The lowest BCUT2D eigenvalue weighted by molar-refractivity contribution is -0.140. The van der Waals surface area contributed by atoms with Crippen LogP contribution in [0.5, 0.6) is 5.75 Å². The van der Waals surface area contributed by atoms with Gasteiger partial charge in [0.05, 0.1) is 11.4 Å². The average Bonchev–Trinajstić information content (AvgIpc) is 2.77. The van der Waals surface area contributed by atoms with Crippen LogP contribution in [0, 0.1) is 5.82 Å². The normalized spacial score (nSPS) is 18.9. The third kappa shape index (κ3) is 2.26. The molecule has 1 saturated heterocycles. The van der Waals surface area contributed by atoms with Crippen LogP contribution in [-0.4, -0.2) is 44.7 Å². The molecule has 0 unspecified atom stereocenters. The van der Waals surface area contributed by atoms with Crippen LogP contribution in [0.15, 0.2) is 18.2 Å². The number of benzene rings is 1. The van der Waals surface area contributed by atoms with Crippen LogP contribution in [0.25, 0.3) is 0 Å². The molecule has 0 bridgehead atoms. The van der Waals surface area contributed by atoms with Gasteiger partial charge in [-0.15, -0.1) is 11.8 Å². The van der Waals surface area contributed by atoms with Crippen molar-refractivity contribution in [2.45, 2.75) is 6.04 Å². The molecule has 0 aliphatic carbocycles. The number of nitrogens with zero attached hydrogens (tertiary/aromatic N) is 1. The molecule has 0 radical (unpaired) electrons. The maximum Gasteiger partial charge on any atom is 0.327 e. The first kappa shape index (κ1) is 12.7. The average molecular weight is 271 g/mol. The molecular formula is C11H10FNO4S. The minimum atomic E-state index is -1.09. The predicted molar refractivity (Wildman–Crippen MR) is 63.0 cm³/mol. The molecule has 5 nitrogen and oxygen atoms in total. The monoisotopic (exact) mass is 271 g/mol. The fourth-order valence-electron chi connectivity index (χ4n) is 1.69. The predicted octanol–water partition coefficient (Wildman–Crippen LogP) is 1.13. The van der Waals surface area contributed by atoms with Gasteiger partial charge in [0.25, 0.3) is 5.91 Å². The zero-order valence-electron chi connectivity index (χ0n) is 9.17. The first-order valence-electron chi connectivity index (χ1n) is 5.10. The van der Waals surface area contributed by atoms with Crippen LogP contribution in [0.1, 0.15) is 10.4 Å². The molecule has 1 aliphatic heterocycles. The van der Waals surface area contributed by atoms with Crippen LogP contribution in [0.4, 0.5) is 4.39 Å².